The highest BCUT2D eigenvalue weighted by Gasteiger charge is 2.23. The number of furan rings is 1. The second-order valence-corrected chi connectivity index (χ2v) is 6.10. The molecule has 2 fully saturated rings. The number of likely N-dealkylation sites (N-methyl/N-ethyl adjacent to an activating group) is 1. The van der Waals surface area contributed by atoms with Gasteiger partial charge in [0.05, 0.1) is 13.1 Å². The van der Waals surface area contributed by atoms with Crippen LogP contribution in [0.1, 0.15) is 31.3 Å². The number of hydrogen-bond donors (Lipinski definition) is 1. The van der Waals surface area contributed by atoms with Crippen molar-refractivity contribution >= 4 is 0 Å². The van der Waals surface area contributed by atoms with Crippen molar-refractivity contribution in [3.05, 3.63) is 23.7 Å². The summed E-state index contributed by atoms with van der Waals surface area (Å²) in [5.74, 6) is 2.17. The molecular formula is C15H25N3O. The molecule has 1 aromatic rings. The van der Waals surface area contributed by atoms with E-state index >= 15 is 0 Å². The molecule has 1 saturated heterocycles. The molecule has 1 saturated carbocycles. The summed E-state index contributed by atoms with van der Waals surface area (Å²) in [7, 11) is 2.20. The van der Waals surface area contributed by atoms with Gasteiger partial charge in [0, 0.05) is 31.7 Å². The second-order valence-electron chi connectivity index (χ2n) is 6.10. The third kappa shape index (κ3) is 3.59. The molecule has 1 aliphatic carbocycles. The molecule has 106 valence electrons. The van der Waals surface area contributed by atoms with Crippen molar-refractivity contribution in [2.24, 2.45) is 0 Å². The summed E-state index contributed by atoms with van der Waals surface area (Å²) >= 11 is 0. The van der Waals surface area contributed by atoms with Crippen molar-refractivity contribution in [2.45, 2.75) is 44.9 Å². The fraction of sp³-hybridized carbons (Fsp3) is 0.733. The Morgan fingerprint density at radius 3 is 2.79 bits per heavy atom. The maximum Gasteiger partial charge on any atom is 0.118 e. The molecule has 0 amide bonds. The van der Waals surface area contributed by atoms with Crippen molar-refractivity contribution in [3.8, 4) is 0 Å². The maximum absolute atomic E-state index is 5.92. The van der Waals surface area contributed by atoms with Crippen LogP contribution in [0, 0.1) is 0 Å². The molecule has 19 heavy (non-hydrogen) atoms. The van der Waals surface area contributed by atoms with E-state index in [0.717, 1.165) is 50.3 Å². The lowest BCUT2D eigenvalue weighted by atomic mass is 10.2. The van der Waals surface area contributed by atoms with E-state index in [-0.39, 0.29) is 0 Å². The minimum atomic E-state index is 0.608. The topological polar surface area (TPSA) is 31.6 Å². The summed E-state index contributed by atoms with van der Waals surface area (Å²) < 4.78 is 5.92. The quantitative estimate of drug-likeness (QED) is 0.875. The highest BCUT2D eigenvalue weighted by atomic mass is 16.3. The fourth-order valence-electron chi connectivity index (χ4n) is 2.75. The Labute approximate surface area is 115 Å². The van der Waals surface area contributed by atoms with Crippen LogP contribution in [-0.2, 0) is 13.1 Å². The molecule has 3 rings (SSSR count). The van der Waals surface area contributed by atoms with Gasteiger partial charge in [0.1, 0.15) is 11.5 Å². The lowest BCUT2D eigenvalue weighted by molar-refractivity contribution is 0.0871. The molecule has 4 nitrogen and oxygen atoms in total. The van der Waals surface area contributed by atoms with Crippen LogP contribution in [0.3, 0.4) is 0 Å². The van der Waals surface area contributed by atoms with Gasteiger partial charge in [-0.2, -0.15) is 0 Å². The zero-order valence-electron chi connectivity index (χ0n) is 12.1. The Balaban J connectivity index is 1.51. The summed E-state index contributed by atoms with van der Waals surface area (Å²) in [6.45, 7) is 7.56. The minimum absolute atomic E-state index is 0.608. The SMILES string of the molecule is CC1CN(C)CCN1Cc1ccc(CNC2CC2)o1. The molecule has 1 atom stereocenters. The van der Waals surface area contributed by atoms with E-state index in [1.165, 1.54) is 12.8 Å². The first-order valence-corrected chi connectivity index (χ1v) is 7.44. The van der Waals surface area contributed by atoms with Crippen LogP contribution >= 0.6 is 0 Å². The van der Waals surface area contributed by atoms with Crippen molar-refractivity contribution in [1.29, 1.82) is 0 Å². The van der Waals surface area contributed by atoms with Crippen molar-refractivity contribution in [1.82, 2.24) is 15.1 Å². The first kappa shape index (κ1) is 13.2. The molecule has 0 aromatic carbocycles. The number of rotatable bonds is 5. The average molecular weight is 263 g/mol. The van der Waals surface area contributed by atoms with Crippen molar-refractivity contribution in [3.63, 3.8) is 0 Å². The van der Waals surface area contributed by atoms with Crippen LogP contribution in [0.25, 0.3) is 0 Å². The monoisotopic (exact) mass is 263 g/mol. The summed E-state index contributed by atoms with van der Waals surface area (Å²) in [5, 5.41) is 3.49. The van der Waals surface area contributed by atoms with Gasteiger partial charge in [-0.1, -0.05) is 0 Å². The molecule has 2 heterocycles. The Hall–Kier alpha value is -0.840. The predicted octanol–water partition coefficient (Wildman–Crippen LogP) is 1.67. The van der Waals surface area contributed by atoms with Gasteiger partial charge >= 0.3 is 0 Å². The summed E-state index contributed by atoms with van der Waals surface area (Å²) in [5.41, 5.74) is 0. The molecule has 0 radical (unpaired) electrons. The third-order valence-corrected chi connectivity index (χ3v) is 4.19. The summed E-state index contributed by atoms with van der Waals surface area (Å²) in [6.07, 6.45) is 2.65. The van der Waals surface area contributed by atoms with Crippen LogP contribution in [0.4, 0.5) is 0 Å². The van der Waals surface area contributed by atoms with E-state index in [0.29, 0.717) is 6.04 Å². The van der Waals surface area contributed by atoms with Crippen LogP contribution in [0.15, 0.2) is 16.5 Å². The molecule has 1 aromatic heterocycles. The zero-order valence-corrected chi connectivity index (χ0v) is 12.1. The number of nitrogens with one attached hydrogen (secondary N) is 1. The van der Waals surface area contributed by atoms with Crippen molar-refractivity contribution in [2.75, 3.05) is 26.7 Å². The Morgan fingerprint density at radius 1 is 1.26 bits per heavy atom. The van der Waals surface area contributed by atoms with Crippen LogP contribution in [-0.4, -0.2) is 48.6 Å². The van der Waals surface area contributed by atoms with Crippen molar-refractivity contribution < 1.29 is 4.42 Å². The Morgan fingerprint density at radius 2 is 2.05 bits per heavy atom. The minimum Gasteiger partial charge on any atom is -0.463 e. The van der Waals surface area contributed by atoms with Gasteiger partial charge in [-0.15, -0.1) is 0 Å². The van der Waals surface area contributed by atoms with E-state index in [2.05, 4.69) is 41.2 Å². The van der Waals surface area contributed by atoms with E-state index in [1.807, 2.05) is 0 Å². The smallest absolute Gasteiger partial charge is 0.118 e. The fourth-order valence-corrected chi connectivity index (χ4v) is 2.75. The predicted molar refractivity (Wildman–Crippen MR) is 75.9 cm³/mol. The van der Waals surface area contributed by atoms with Gasteiger partial charge < -0.3 is 14.6 Å². The van der Waals surface area contributed by atoms with E-state index < -0.39 is 0 Å². The van der Waals surface area contributed by atoms with Crippen LogP contribution < -0.4 is 5.32 Å². The largest absolute Gasteiger partial charge is 0.463 e. The average Bonchev–Trinajstić information content (AvgIpc) is 3.10. The normalized spacial score (nSPS) is 25.9. The molecular weight excluding hydrogens is 238 g/mol. The molecule has 0 bridgehead atoms. The van der Waals surface area contributed by atoms with Crippen LogP contribution in [0.5, 0.6) is 0 Å². The Bertz CT molecular complexity index is 413. The Kier molecular flexibility index (Phi) is 3.91. The highest BCUT2D eigenvalue weighted by molar-refractivity contribution is 5.08. The molecule has 1 N–H and O–H groups in total. The zero-order chi connectivity index (χ0) is 13.2. The lowest BCUT2D eigenvalue weighted by Gasteiger charge is -2.37. The molecule has 2 aliphatic rings. The molecule has 4 heteroatoms. The van der Waals surface area contributed by atoms with E-state index in [1.54, 1.807) is 0 Å². The van der Waals surface area contributed by atoms with Gasteiger partial charge in [0.2, 0.25) is 0 Å². The third-order valence-electron chi connectivity index (χ3n) is 4.19. The lowest BCUT2D eigenvalue weighted by Crippen LogP contribution is -2.49. The first-order chi connectivity index (χ1) is 9.20. The second kappa shape index (κ2) is 5.65. The van der Waals surface area contributed by atoms with Gasteiger partial charge in [-0.05, 0) is 38.9 Å². The molecule has 1 aliphatic heterocycles. The van der Waals surface area contributed by atoms with Gasteiger partial charge in [0.15, 0.2) is 0 Å². The number of hydrogen-bond acceptors (Lipinski definition) is 4. The molecule has 1 unspecified atom stereocenters. The van der Waals surface area contributed by atoms with Gasteiger partial charge in [-0.25, -0.2) is 0 Å². The summed E-state index contributed by atoms with van der Waals surface area (Å²) in [4.78, 5) is 4.91. The van der Waals surface area contributed by atoms with Gasteiger partial charge in [-0.3, -0.25) is 4.90 Å². The van der Waals surface area contributed by atoms with Gasteiger partial charge in [0.25, 0.3) is 0 Å². The van der Waals surface area contributed by atoms with Crippen LogP contribution in [0.2, 0.25) is 0 Å². The molecule has 0 spiro atoms. The first-order valence-electron chi connectivity index (χ1n) is 7.44. The van der Waals surface area contributed by atoms with E-state index in [4.69, 9.17) is 4.42 Å². The number of nitrogens with zero attached hydrogens (tertiary/aromatic N) is 2. The number of piperazine rings is 1. The standard InChI is InChI=1S/C15H25N3O/c1-12-10-17(2)7-8-18(12)11-15-6-5-14(19-15)9-16-13-3-4-13/h5-6,12-13,16H,3-4,7-11H2,1-2H3. The summed E-state index contributed by atoms with van der Waals surface area (Å²) in [6, 6.07) is 5.60. The van der Waals surface area contributed by atoms with E-state index in [9.17, 15) is 0 Å². The highest BCUT2D eigenvalue weighted by Crippen LogP contribution is 2.20. The maximum atomic E-state index is 5.92.